The van der Waals surface area contributed by atoms with Crippen molar-refractivity contribution in [3.63, 3.8) is 0 Å². The van der Waals surface area contributed by atoms with E-state index in [1.54, 1.807) is 0 Å². The van der Waals surface area contributed by atoms with E-state index in [9.17, 15) is 10.0 Å². The fourth-order valence-corrected chi connectivity index (χ4v) is 2.38. The van der Waals surface area contributed by atoms with Crippen LogP contribution in [0.15, 0.2) is 0 Å². The first-order chi connectivity index (χ1) is 5.74. The number of rotatable bonds is 1. The number of hydroxylamine groups is 2. The molecule has 0 aromatic carbocycles. The van der Waals surface area contributed by atoms with Crippen LogP contribution in [0.3, 0.4) is 0 Å². The van der Waals surface area contributed by atoms with Crippen LogP contribution >= 0.6 is 0 Å². The summed E-state index contributed by atoms with van der Waals surface area (Å²) in [5.74, 6) is 0.0113. The van der Waals surface area contributed by atoms with Gasteiger partial charge in [-0.1, -0.05) is 0 Å². The third-order valence-electron chi connectivity index (χ3n) is 2.99. The number of nitrogens with zero attached hydrogens (tertiary/aromatic N) is 1. The van der Waals surface area contributed by atoms with Gasteiger partial charge < -0.3 is 9.94 Å². The van der Waals surface area contributed by atoms with Gasteiger partial charge in [-0.05, 0) is 25.2 Å². The maximum atomic E-state index is 11.2. The first-order valence-electron chi connectivity index (χ1n) is 4.29. The zero-order valence-electron chi connectivity index (χ0n) is 7.06. The molecule has 0 amide bonds. The van der Waals surface area contributed by atoms with Crippen molar-refractivity contribution in [2.24, 2.45) is 5.92 Å². The number of fused-ring (bicyclic) bond motifs is 2. The Morgan fingerprint density at radius 1 is 1.58 bits per heavy atom. The Hall–Kier alpha value is -0.610. The minimum absolute atomic E-state index is 0.194. The number of hydrogen-bond donors (Lipinski definition) is 1. The second-order valence-corrected chi connectivity index (χ2v) is 3.57. The smallest absolute Gasteiger partial charge is 0.325 e. The maximum Gasteiger partial charge on any atom is 0.325 e. The number of methoxy groups -OCH3 is 1. The van der Waals surface area contributed by atoms with E-state index in [2.05, 4.69) is 4.74 Å². The topological polar surface area (TPSA) is 49.8 Å². The van der Waals surface area contributed by atoms with Crippen LogP contribution in [0, 0.1) is 5.92 Å². The maximum absolute atomic E-state index is 11.2. The molecular formula is C8H13NO3. The van der Waals surface area contributed by atoms with Crippen molar-refractivity contribution >= 4 is 5.97 Å². The van der Waals surface area contributed by atoms with Crippen molar-refractivity contribution in [1.82, 2.24) is 5.06 Å². The summed E-state index contributed by atoms with van der Waals surface area (Å²) in [4.78, 5) is 11.2. The van der Waals surface area contributed by atoms with Gasteiger partial charge >= 0.3 is 5.97 Å². The molecule has 4 heteroatoms. The second-order valence-electron chi connectivity index (χ2n) is 3.57. The number of ether oxygens (including phenoxy) is 1. The molecule has 1 saturated heterocycles. The van der Waals surface area contributed by atoms with Crippen LogP contribution in [-0.4, -0.2) is 35.4 Å². The van der Waals surface area contributed by atoms with Gasteiger partial charge in [-0.3, -0.25) is 4.79 Å². The minimum atomic E-state index is -0.395. The number of piperidine rings is 1. The normalized spacial score (nSPS) is 40.3. The van der Waals surface area contributed by atoms with Gasteiger partial charge in [-0.2, -0.15) is 5.06 Å². The standard InChI is InChI=1S/C8H13NO3/c1-12-8(10)7-5-2-3-6(4-5)9(7)11/h5-7,11H,2-4H2,1H3/t5-,6+,7-/m0/s1. The summed E-state index contributed by atoms with van der Waals surface area (Å²) in [6, 6.07) is -0.201. The molecule has 1 heterocycles. The van der Waals surface area contributed by atoms with Crippen molar-refractivity contribution in [3.05, 3.63) is 0 Å². The summed E-state index contributed by atoms with van der Waals surface area (Å²) in [5, 5.41) is 10.7. The minimum Gasteiger partial charge on any atom is -0.468 e. The summed E-state index contributed by atoms with van der Waals surface area (Å²) in [6.45, 7) is 0. The monoisotopic (exact) mass is 171 g/mol. The molecule has 0 spiro atoms. The highest BCUT2D eigenvalue weighted by Crippen LogP contribution is 2.41. The summed E-state index contributed by atoms with van der Waals surface area (Å²) < 4.78 is 4.62. The molecule has 3 atom stereocenters. The first-order valence-corrected chi connectivity index (χ1v) is 4.29. The van der Waals surface area contributed by atoms with Gasteiger partial charge in [-0.15, -0.1) is 0 Å². The van der Waals surface area contributed by atoms with Gasteiger partial charge in [0, 0.05) is 6.04 Å². The lowest BCUT2D eigenvalue weighted by Crippen LogP contribution is -2.44. The predicted molar refractivity (Wildman–Crippen MR) is 40.6 cm³/mol. The van der Waals surface area contributed by atoms with Crippen LogP contribution in [0.5, 0.6) is 0 Å². The Labute approximate surface area is 71.1 Å². The predicted octanol–water partition coefficient (Wildman–Crippen LogP) is 0.401. The Morgan fingerprint density at radius 2 is 2.33 bits per heavy atom. The number of carbonyl (C=O) groups excluding carboxylic acids is 1. The second kappa shape index (κ2) is 2.71. The molecule has 4 nitrogen and oxygen atoms in total. The lowest BCUT2D eigenvalue weighted by molar-refractivity contribution is -0.182. The van der Waals surface area contributed by atoms with Crippen LogP contribution in [0.4, 0.5) is 0 Å². The van der Waals surface area contributed by atoms with Crippen molar-refractivity contribution in [2.75, 3.05) is 7.11 Å². The van der Waals surface area contributed by atoms with E-state index < -0.39 is 6.04 Å². The number of hydrogen-bond acceptors (Lipinski definition) is 4. The molecule has 1 aliphatic heterocycles. The molecule has 12 heavy (non-hydrogen) atoms. The van der Waals surface area contributed by atoms with Gasteiger partial charge in [0.05, 0.1) is 7.11 Å². The molecule has 68 valence electrons. The van der Waals surface area contributed by atoms with E-state index in [0.29, 0.717) is 5.92 Å². The van der Waals surface area contributed by atoms with Crippen molar-refractivity contribution in [3.8, 4) is 0 Å². The average Bonchev–Trinajstić information content (AvgIpc) is 2.63. The van der Waals surface area contributed by atoms with Crippen molar-refractivity contribution < 1.29 is 14.7 Å². The summed E-state index contributed by atoms with van der Waals surface area (Å²) >= 11 is 0. The fraction of sp³-hybridized carbons (Fsp3) is 0.875. The van der Waals surface area contributed by atoms with E-state index in [1.165, 1.54) is 12.2 Å². The Kier molecular flexibility index (Phi) is 1.81. The Balaban J connectivity index is 2.12. The summed E-state index contributed by atoms with van der Waals surface area (Å²) in [7, 11) is 1.36. The molecule has 1 aliphatic carbocycles. The molecule has 0 unspecified atom stereocenters. The van der Waals surface area contributed by atoms with Crippen molar-refractivity contribution in [1.29, 1.82) is 0 Å². The van der Waals surface area contributed by atoms with Crippen LogP contribution < -0.4 is 0 Å². The van der Waals surface area contributed by atoms with Gasteiger partial charge in [0.25, 0.3) is 0 Å². The van der Waals surface area contributed by atoms with Crippen LogP contribution in [0.2, 0.25) is 0 Å². The third-order valence-corrected chi connectivity index (χ3v) is 2.99. The van der Waals surface area contributed by atoms with Crippen LogP contribution in [-0.2, 0) is 9.53 Å². The SMILES string of the molecule is COC(=O)[C@@H]1[C@H]2CC[C@H](C2)N1O. The largest absolute Gasteiger partial charge is 0.468 e. The molecule has 0 aromatic rings. The van der Waals surface area contributed by atoms with Gasteiger partial charge in [-0.25, -0.2) is 0 Å². The molecule has 0 aromatic heterocycles. The first kappa shape index (κ1) is 8.01. The quantitative estimate of drug-likeness (QED) is 0.580. The van der Waals surface area contributed by atoms with Gasteiger partial charge in [0.1, 0.15) is 6.04 Å². The Morgan fingerprint density at radius 3 is 2.83 bits per heavy atom. The number of carbonyl (C=O) groups is 1. The zero-order chi connectivity index (χ0) is 8.72. The fourth-order valence-electron chi connectivity index (χ4n) is 2.38. The third kappa shape index (κ3) is 0.949. The van der Waals surface area contributed by atoms with Gasteiger partial charge in [0.2, 0.25) is 0 Å². The van der Waals surface area contributed by atoms with E-state index in [-0.39, 0.29) is 12.0 Å². The average molecular weight is 171 g/mol. The molecule has 0 radical (unpaired) electrons. The molecule has 2 fully saturated rings. The van der Waals surface area contributed by atoms with E-state index >= 15 is 0 Å². The Bertz CT molecular complexity index is 204. The zero-order valence-corrected chi connectivity index (χ0v) is 7.06. The van der Waals surface area contributed by atoms with E-state index in [0.717, 1.165) is 19.3 Å². The molecule has 2 aliphatic rings. The number of esters is 1. The summed E-state index contributed by atoms with van der Waals surface area (Å²) in [5.41, 5.74) is 0. The highest BCUT2D eigenvalue weighted by Gasteiger charge is 2.49. The summed E-state index contributed by atoms with van der Waals surface area (Å²) in [6.07, 6.45) is 2.99. The van der Waals surface area contributed by atoms with Gasteiger partial charge in [0.15, 0.2) is 0 Å². The van der Waals surface area contributed by atoms with Crippen molar-refractivity contribution in [2.45, 2.75) is 31.3 Å². The lowest BCUT2D eigenvalue weighted by atomic mass is 10.0. The molecule has 2 rings (SSSR count). The van der Waals surface area contributed by atoms with E-state index in [1.807, 2.05) is 0 Å². The molecule has 1 N–H and O–H groups in total. The van der Waals surface area contributed by atoms with E-state index in [4.69, 9.17) is 0 Å². The van der Waals surface area contributed by atoms with Crippen LogP contribution in [0.25, 0.3) is 0 Å². The molecule has 2 bridgehead atoms. The lowest BCUT2D eigenvalue weighted by Gasteiger charge is -2.27. The van der Waals surface area contributed by atoms with Crippen LogP contribution in [0.1, 0.15) is 19.3 Å². The highest BCUT2D eigenvalue weighted by atomic mass is 16.5. The highest BCUT2D eigenvalue weighted by molar-refractivity contribution is 5.76. The molecular weight excluding hydrogens is 158 g/mol. The molecule has 1 saturated carbocycles.